The maximum atomic E-state index is 9.48. The molecular weight excluding hydrogens is 226 g/mol. The molecule has 1 fully saturated rings. The minimum absolute atomic E-state index is 0.361. The van der Waals surface area contributed by atoms with Gasteiger partial charge in [0, 0.05) is 25.9 Å². The highest BCUT2D eigenvalue weighted by atomic mass is 16.5. The van der Waals surface area contributed by atoms with Crippen LogP contribution in [0, 0.1) is 0 Å². The summed E-state index contributed by atoms with van der Waals surface area (Å²) in [6.45, 7) is 3.63. The number of anilines is 1. The Morgan fingerprint density at radius 3 is 2.61 bits per heavy atom. The zero-order valence-corrected chi connectivity index (χ0v) is 11.3. The molecule has 2 unspecified atom stereocenters. The third kappa shape index (κ3) is 3.47. The zero-order chi connectivity index (χ0) is 13.0. The lowest BCUT2D eigenvalue weighted by Crippen LogP contribution is -2.33. The van der Waals surface area contributed by atoms with Crippen molar-refractivity contribution in [3.63, 3.8) is 0 Å². The largest absolute Gasteiger partial charge is 0.389 e. The molecule has 1 aromatic rings. The van der Waals surface area contributed by atoms with E-state index in [2.05, 4.69) is 24.1 Å². The van der Waals surface area contributed by atoms with Crippen molar-refractivity contribution in [3.05, 3.63) is 29.8 Å². The Morgan fingerprint density at radius 1 is 1.33 bits per heavy atom. The van der Waals surface area contributed by atoms with Gasteiger partial charge in [-0.2, -0.15) is 0 Å². The summed E-state index contributed by atoms with van der Waals surface area (Å²) in [7, 11) is 2.09. The van der Waals surface area contributed by atoms with E-state index in [1.807, 2.05) is 12.1 Å². The van der Waals surface area contributed by atoms with Gasteiger partial charge in [-0.1, -0.05) is 12.1 Å². The van der Waals surface area contributed by atoms with Crippen LogP contribution in [-0.2, 0) is 4.74 Å². The second-order valence-electron chi connectivity index (χ2n) is 5.14. The number of aliphatic hydroxyl groups is 1. The second-order valence-corrected chi connectivity index (χ2v) is 5.14. The van der Waals surface area contributed by atoms with Crippen molar-refractivity contribution in [1.29, 1.82) is 0 Å². The highest BCUT2D eigenvalue weighted by Crippen LogP contribution is 2.20. The Kier molecular flexibility index (Phi) is 4.61. The van der Waals surface area contributed by atoms with Gasteiger partial charge >= 0.3 is 0 Å². The molecule has 1 heterocycles. The van der Waals surface area contributed by atoms with Crippen LogP contribution in [0.15, 0.2) is 24.3 Å². The van der Waals surface area contributed by atoms with Gasteiger partial charge in [-0.15, -0.1) is 0 Å². The van der Waals surface area contributed by atoms with Gasteiger partial charge in [0.25, 0.3) is 0 Å². The van der Waals surface area contributed by atoms with Gasteiger partial charge in [0.15, 0.2) is 0 Å². The number of hydrogen-bond donors (Lipinski definition) is 1. The Balaban J connectivity index is 1.93. The van der Waals surface area contributed by atoms with Gasteiger partial charge in [-0.05, 0) is 43.9 Å². The van der Waals surface area contributed by atoms with Crippen molar-refractivity contribution in [3.8, 4) is 0 Å². The number of benzene rings is 1. The lowest BCUT2D eigenvalue weighted by Gasteiger charge is -2.28. The van der Waals surface area contributed by atoms with Crippen LogP contribution >= 0.6 is 0 Å². The van der Waals surface area contributed by atoms with Gasteiger partial charge in [0.05, 0.1) is 12.2 Å². The fraction of sp³-hybridized carbons (Fsp3) is 0.600. The lowest BCUT2D eigenvalue weighted by molar-refractivity contribution is 0.0216. The highest BCUT2D eigenvalue weighted by Gasteiger charge is 2.16. The monoisotopic (exact) mass is 249 g/mol. The van der Waals surface area contributed by atoms with Crippen molar-refractivity contribution >= 4 is 5.69 Å². The van der Waals surface area contributed by atoms with Gasteiger partial charge in [0.1, 0.15) is 0 Å². The summed E-state index contributed by atoms with van der Waals surface area (Å²) in [5.74, 6) is 0. The van der Waals surface area contributed by atoms with E-state index in [9.17, 15) is 5.11 Å². The van der Waals surface area contributed by atoms with E-state index < -0.39 is 6.10 Å². The predicted molar refractivity (Wildman–Crippen MR) is 73.9 cm³/mol. The average molecular weight is 249 g/mol. The molecule has 0 aliphatic carbocycles. The number of hydrogen-bond acceptors (Lipinski definition) is 3. The molecule has 0 radical (unpaired) electrons. The number of aliphatic hydroxyl groups excluding tert-OH is 1. The van der Waals surface area contributed by atoms with Crippen LogP contribution in [0.1, 0.15) is 37.9 Å². The van der Waals surface area contributed by atoms with Crippen molar-refractivity contribution < 1.29 is 9.84 Å². The van der Waals surface area contributed by atoms with E-state index in [1.165, 1.54) is 18.5 Å². The summed E-state index contributed by atoms with van der Waals surface area (Å²) in [6.07, 6.45) is 3.60. The van der Waals surface area contributed by atoms with Gasteiger partial charge in [0.2, 0.25) is 0 Å². The molecule has 1 aromatic carbocycles. The number of rotatable bonds is 4. The number of ether oxygens (including phenoxy) is 1. The molecule has 2 atom stereocenters. The van der Waals surface area contributed by atoms with Crippen LogP contribution < -0.4 is 4.90 Å². The van der Waals surface area contributed by atoms with Gasteiger partial charge in [-0.3, -0.25) is 0 Å². The SMILES string of the molecule is CC(O)c1ccc(N(C)CC2CCCCO2)cc1. The molecular formula is C15H23NO2. The third-order valence-corrected chi connectivity index (χ3v) is 3.57. The van der Waals surface area contributed by atoms with Crippen LogP contribution in [0.2, 0.25) is 0 Å². The Morgan fingerprint density at radius 2 is 2.06 bits per heavy atom. The standard InChI is InChI=1S/C15H23NO2/c1-12(17)13-6-8-14(9-7-13)16(2)11-15-5-3-4-10-18-15/h6-9,12,15,17H,3-5,10-11H2,1-2H3. The van der Waals surface area contributed by atoms with E-state index in [4.69, 9.17) is 4.74 Å². The Bertz CT molecular complexity index is 355. The summed E-state index contributed by atoms with van der Waals surface area (Å²) in [5, 5.41) is 9.48. The Labute approximate surface area is 109 Å². The minimum atomic E-state index is -0.397. The number of likely N-dealkylation sites (N-methyl/N-ethyl adjacent to an activating group) is 1. The van der Waals surface area contributed by atoms with E-state index in [1.54, 1.807) is 6.92 Å². The van der Waals surface area contributed by atoms with E-state index >= 15 is 0 Å². The average Bonchev–Trinajstić information content (AvgIpc) is 2.40. The Hall–Kier alpha value is -1.06. The summed E-state index contributed by atoms with van der Waals surface area (Å²) in [4.78, 5) is 2.22. The van der Waals surface area contributed by atoms with Crippen molar-refractivity contribution in [1.82, 2.24) is 0 Å². The molecule has 0 aromatic heterocycles. The smallest absolute Gasteiger partial charge is 0.0761 e. The molecule has 0 bridgehead atoms. The molecule has 1 aliphatic heterocycles. The summed E-state index contributed by atoms with van der Waals surface area (Å²) < 4.78 is 5.75. The topological polar surface area (TPSA) is 32.7 Å². The molecule has 100 valence electrons. The quantitative estimate of drug-likeness (QED) is 0.890. The lowest BCUT2D eigenvalue weighted by atomic mass is 10.1. The van der Waals surface area contributed by atoms with Gasteiger partial charge in [-0.25, -0.2) is 0 Å². The molecule has 1 N–H and O–H groups in total. The molecule has 1 saturated heterocycles. The molecule has 0 spiro atoms. The molecule has 3 heteroatoms. The first kappa shape index (κ1) is 13.4. The summed E-state index contributed by atoms with van der Waals surface area (Å²) in [6, 6.07) is 8.09. The van der Waals surface area contributed by atoms with Crippen molar-refractivity contribution in [2.45, 2.75) is 38.4 Å². The first-order valence-corrected chi connectivity index (χ1v) is 6.77. The fourth-order valence-corrected chi connectivity index (χ4v) is 2.37. The van der Waals surface area contributed by atoms with E-state index in [0.29, 0.717) is 6.10 Å². The number of nitrogens with zero attached hydrogens (tertiary/aromatic N) is 1. The summed E-state index contributed by atoms with van der Waals surface area (Å²) >= 11 is 0. The minimum Gasteiger partial charge on any atom is -0.389 e. The van der Waals surface area contributed by atoms with Crippen molar-refractivity contribution in [2.24, 2.45) is 0 Å². The highest BCUT2D eigenvalue weighted by molar-refractivity contribution is 5.47. The zero-order valence-electron chi connectivity index (χ0n) is 11.3. The molecule has 1 aliphatic rings. The first-order valence-electron chi connectivity index (χ1n) is 6.77. The van der Waals surface area contributed by atoms with Crippen LogP contribution in [0.4, 0.5) is 5.69 Å². The second kappa shape index (κ2) is 6.21. The molecule has 3 nitrogen and oxygen atoms in total. The van der Waals surface area contributed by atoms with Crippen LogP contribution in [-0.4, -0.2) is 31.4 Å². The normalized spacial score (nSPS) is 21.6. The fourth-order valence-electron chi connectivity index (χ4n) is 2.37. The predicted octanol–water partition coefficient (Wildman–Crippen LogP) is 2.75. The van der Waals surface area contributed by atoms with E-state index in [0.717, 1.165) is 25.1 Å². The van der Waals surface area contributed by atoms with Crippen LogP contribution in [0.25, 0.3) is 0 Å². The van der Waals surface area contributed by atoms with Crippen LogP contribution in [0.5, 0.6) is 0 Å². The molecule has 0 saturated carbocycles. The maximum Gasteiger partial charge on any atom is 0.0761 e. The van der Waals surface area contributed by atoms with Crippen LogP contribution in [0.3, 0.4) is 0 Å². The van der Waals surface area contributed by atoms with Crippen molar-refractivity contribution in [2.75, 3.05) is 25.1 Å². The van der Waals surface area contributed by atoms with E-state index in [-0.39, 0.29) is 0 Å². The van der Waals surface area contributed by atoms with Gasteiger partial charge < -0.3 is 14.7 Å². The molecule has 2 rings (SSSR count). The first-order chi connectivity index (χ1) is 8.66. The molecule has 0 amide bonds. The third-order valence-electron chi connectivity index (χ3n) is 3.57. The summed E-state index contributed by atoms with van der Waals surface area (Å²) in [5.41, 5.74) is 2.13. The molecule has 18 heavy (non-hydrogen) atoms. The maximum absolute atomic E-state index is 9.48.